The fourth-order valence-electron chi connectivity index (χ4n) is 5.00. The van der Waals surface area contributed by atoms with E-state index < -0.39 is 0 Å². The van der Waals surface area contributed by atoms with Crippen LogP contribution in [0, 0.1) is 34.6 Å². The summed E-state index contributed by atoms with van der Waals surface area (Å²) in [7, 11) is 0. The standard InChI is InChI=1S/C35H32/c1-23-8-6-10-28(12-23)30-14-25(3)16-32(20-30)34-18-27(5)19-35(22-34)33-17-26(4)15-31(21-33)29-11-7-9-24(2)13-29/h6-22H,1-5H3. The van der Waals surface area contributed by atoms with Gasteiger partial charge in [-0.1, -0.05) is 96.1 Å². The minimum absolute atomic E-state index is 1.26. The van der Waals surface area contributed by atoms with Gasteiger partial charge in [0.05, 0.1) is 0 Å². The van der Waals surface area contributed by atoms with Gasteiger partial charge in [-0.25, -0.2) is 0 Å². The normalized spacial score (nSPS) is 11.0. The van der Waals surface area contributed by atoms with Crippen LogP contribution < -0.4 is 0 Å². The Kier molecular flexibility index (Phi) is 6.14. The molecule has 5 rings (SSSR count). The molecular weight excluding hydrogens is 420 g/mol. The van der Waals surface area contributed by atoms with E-state index in [0.29, 0.717) is 0 Å². The molecule has 0 aliphatic rings. The fourth-order valence-corrected chi connectivity index (χ4v) is 5.00. The largest absolute Gasteiger partial charge is 0.0614 e. The minimum Gasteiger partial charge on any atom is -0.0614 e. The van der Waals surface area contributed by atoms with Gasteiger partial charge in [0.25, 0.3) is 0 Å². The first kappa shape index (κ1) is 22.9. The first-order valence-electron chi connectivity index (χ1n) is 12.3. The van der Waals surface area contributed by atoms with E-state index in [1.54, 1.807) is 0 Å². The molecule has 0 heteroatoms. The summed E-state index contributed by atoms with van der Waals surface area (Å²) < 4.78 is 0. The summed E-state index contributed by atoms with van der Waals surface area (Å²) in [6.45, 7) is 10.9. The van der Waals surface area contributed by atoms with Crippen molar-refractivity contribution in [1.29, 1.82) is 0 Å². The van der Waals surface area contributed by atoms with Gasteiger partial charge in [0, 0.05) is 0 Å². The summed E-state index contributed by atoms with van der Waals surface area (Å²) in [6, 6.07) is 38.3. The average Bonchev–Trinajstić information content (AvgIpc) is 2.83. The predicted octanol–water partition coefficient (Wildman–Crippen LogP) is 9.90. The maximum atomic E-state index is 2.34. The Morgan fingerprint density at radius 1 is 0.257 bits per heavy atom. The van der Waals surface area contributed by atoms with Crippen LogP contribution in [0.4, 0.5) is 0 Å². The van der Waals surface area contributed by atoms with Gasteiger partial charge in [0.15, 0.2) is 0 Å². The van der Waals surface area contributed by atoms with Crippen molar-refractivity contribution < 1.29 is 0 Å². The Morgan fingerprint density at radius 2 is 0.514 bits per heavy atom. The van der Waals surface area contributed by atoms with E-state index in [1.807, 2.05) is 0 Å². The molecule has 0 nitrogen and oxygen atoms in total. The Morgan fingerprint density at radius 3 is 0.800 bits per heavy atom. The minimum atomic E-state index is 1.26. The lowest BCUT2D eigenvalue weighted by atomic mass is 9.91. The molecule has 0 amide bonds. The Bertz CT molecular complexity index is 1420. The van der Waals surface area contributed by atoms with Crippen molar-refractivity contribution in [3.8, 4) is 44.5 Å². The molecule has 0 N–H and O–H groups in total. The molecule has 0 heterocycles. The van der Waals surface area contributed by atoms with Gasteiger partial charge in [0.2, 0.25) is 0 Å². The molecule has 0 fully saturated rings. The second kappa shape index (κ2) is 9.39. The molecule has 5 aromatic carbocycles. The third kappa shape index (κ3) is 5.12. The van der Waals surface area contributed by atoms with Gasteiger partial charge in [-0.05, 0) is 114 Å². The van der Waals surface area contributed by atoms with Crippen molar-refractivity contribution in [2.45, 2.75) is 34.6 Å². The average molecular weight is 453 g/mol. The number of hydrogen-bond acceptors (Lipinski definition) is 0. The van der Waals surface area contributed by atoms with Crippen molar-refractivity contribution in [2.75, 3.05) is 0 Å². The molecule has 0 aliphatic carbocycles. The summed E-state index contributed by atoms with van der Waals surface area (Å²) in [5.74, 6) is 0. The quantitative estimate of drug-likeness (QED) is 0.254. The summed E-state index contributed by atoms with van der Waals surface area (Å²) in [5.41, 5.74) is 16.5. The van der Waals surface area contributed by atoms with Crippen molar-refractivity contribution in [2.24, 2.45) is 0 Å². The SMILES string of the molecule is Cc1cccc(-c2cc(C)cc(-c3cc(C)cc(-c4cc(C)cc(-c5cccc(C)c5)c4)c3)c2)c1. The van der Waals surface area contributed by atoms with Crippen molar-refractivity contribution >= 4 is 0 Å². The van der Waals surface area contributed by atoms with Gasteiger partial charge >= 0.3 is 0 Å². The van der Waals surface area contributed by atoms with Crippen LogP contribution >= 0.6 is 0 Å². The van der Waals surface area contributed by atoms with E-state index >= 15 is 0 Å². The fraction of sp³-hybridized carbons (Fsp3) is 0.143. The van der Waals surface area contributed by atoms with E-state index in [1.165, 1.54) is 72.3 Å². The Hall–Kier alpha value is -3.90. The van der Waals surface area contributed by atoms with Gasteiger partial charge in [0.1, 0.15) is 0 Å². The maximum absolute atomic E-state index is 2.34. The molecule has 0 aliphatic heterocycles. The van der Waals surface area contributed by atoms with E-state index in [0.717, 1.165) is 0 Å². The molecule has 0 atom stereocenters. The highest BCUT2D eigenvalue weighted by molar-refractivity contribution is 5.80. The number of aryl methyl sites for hydroxylation is 5. The van der Waals surface area contributed by atoms with Crippen LogP contribution in [-0.2, 0) is 0 Å². The molecule has 35 heavy (non-hydrogen) atoms. The van der Waals surface area contributed by atoms with Crippen molar-refractivity contribution in [3.05, 3.63) is 131 Å². The van der Waals surface area contributed by atoms with Crippen LogP contribution in [0.3, 0.4) is 0 Å². The van der Waals surface area contributed by atoms with Crippen LogP contribution in [0.5, 0.6) is 0 Å². The number of benzene rings is 5. The molecule has 5 aromatic rings. The highest BCUT2D eigenvalue weighted by atomic mass is 14.1. The Balaban J connectivity index is 1.60. The number of rotatable bonds is 4. The molecule has 0 unspecified atom stereocenters. The summed E-state index contributed by atoms with van der Waals surface area (Å²) >= 11 is 0. The highest BCUT2D eigenvalue weighted by Crippen LogP contribution is 2.34. The molecule has 0 aromatic heterocycles. The summed E-state index contributed by atoms with van der Waals surface area (Å²) in [4.78, 5) is 0. The predicted molar refractivity (Wildman–Crippen MR) is 152 cm³/mol. The molecule has 0 radical (unpaired) electrons. The zero-order valence-corrected chi connectivity index (χ0v) is 21.3. The maximum Gasteiger partial charge on any atom is -0.0175 e. The molecule has 0 spiro atoms. The van der Waals surface area contributed by atoms with Gasteiger partial charge in [-0.3, -0.25) is 0 Å². The zero-order chi connectivity index (χ0) is 24.5. The lowest BCUT2D eigenvalue weighted by Crippen LogP contribution is -1.89. The second-order valence-electron chi connectivity index (χ2n) is 10.0. The monoisotopic (exact) mass is 452 g/mol. The van der Waals surface area contributed by atoms with Gasteiger partial charge < -0.3 is 0 Å². The third-order valence-corrected chi connectivity index (χ3v) is 6.60. The zero-order valence-electron chi connectivity index (χ0n) is 21.3. The summed E-state index contributed by atoms with van der Waals surface area (Å²) in [5, 5.41) is 0. The van der Waals surface area contributed by atoms with Crippen LogP contribution in [0.2, 0.25) is 0 Å². The van der Waals surface area contributed by atoms with Crippen LogP contribution in [0.1, 0.15) is 27.8 Å². The van der Waals surface area contributed by atoms with Gasteiger partial charge in [-0.15, -0.1) is 0 Å². The van der Waals surface area contributed by atoms with E-state index in [4.69, 9.17) is 0 Å². The summed E-state index contributed by atoms with van der Waals surface area (Å²) in [6.07, 6.45) is 0. The lowest BCUT2D eigenvalue weighted by Gasteiger charge is -2.13. The Labute approximate surface area is 209 Å². The van der Waals surface area contributed by atoms with E-state index in [2.05, 4.69) is 138 Å². The lowest BCUT2D eigenvalue weighted by molar-refractivity contribution is 1.41. The molecule has 0 bridgehead atoms. The van der Waals surface area contributed by atoms with Crippen molar-refractivity contribution in [3.63, 3.8) is 0 Å². The van der Waals surface area contributed by atoms with Crippen LogP contribution in [-0.4, -0.2) is 0 Å². The highest BCUT2D eigenvalue weighted by Gasteiger charge is 2.09. The van der Waals surface area contributed by atoms with E-state index in [9.17, 15) is 0 Å². The molecular formula is C35H32. The first-order valence-corrected chi connectivity index (χ1v) is 12.3. The molecule has 0 saturated carbocycles. The molecule has 0 saturated heterocycles. The molecule has 172 valence electrons. The first-order chi connectivity index (χ1) is 16.8. The van der Waals surface area contributed by atoms with Crippen LogP contribution in [0.25, 0.3) is 44.5 Å². The van der Waals surface area contributed by atoms with Crippen LogP contribution in [0.15, 0.2) is 103 Å². The number of hydrogen-bond donors (Lipinski definition) is 0. The third-order valence-electron chi connectivity index (χ3n) is 6.60. The second-order valence-corrected chi connectivity index (χ2v) is 10.0. The van der Waals surface area contributed by atoms with Crippen molar-refractivity contribution in [1.82, 2.24) is 0 Å². The van der Waals surface area contributed by atoms with E-state index in [-0.39, 0.29) is 0 Å². The van der Waals surface area contributed by atoms with Gasteiger partial charge in [-0.2, -0.15) is 0 Å². The topological polar surface area (TPSA) is 0 Å². The smallest absolute Gasteiger partial charge is 0.0175 e.